The van der Waals surface area contributed by atoms with E-state index < -0.39 is 0 Å². The standard InChI is InChI=1S/C11H14N2S/c1-8-13-10-6-2-4-9(5-3-7-12)11(10)14-8/h2,4,6H,3,5,7,12H2,1H3. The van der Waals surface area contributed by atoms with E-state index >= 15 is 0 Å². The number of aromatic nitrogens is 1. The minimum Gasteiger partial charge on any atom is -0.330 e. The zero-order valence-electron chi connectivity index (χ0n) is 8.29. The second kappa shape index (κ2) is 4.07. The highest BCUT2D eigenvalue weighted by Crippen LogP contribution is 2.25. The SMILES string of the molecule is Cc1nc2cccc(CCCN)c2s1. The summed E-state index contributed by atoms with van der Waals surface area (Å²) in [6.07, 6.45) is 2.12. The maximum atomic E-state index is 5.51. The maximum absolute atomic E-state index is 5.51. The molecule has 2 N–H and O–H groups in total. The van der Waals surface area contributed by atoms with E-state index in [0.29, 0.717) is 0 Å². The van der Waals surface area contributed by atoms with Crippen molar-refractivity contribution in [3.8, 4) is 0 Å². The zero-order valence-corrected chi connectivity index (χ0v) is 9.10. The molecule has 1 aromatic carbocycles. The fraction of sp³-hybridized carbons (Fsp3) is 0.364. The maximum Gasteiger partial charge on any atom is 0.0907 e. The summed E-state index contributed by atoms with van der Waals surface area (Å²) in [4.78, 5) is 4.47. The predicted molar refractivity (Wildman–Crippen MR) is 61.7 cm³/mol. The van der Waals surface area contributed by atoms with Crippen LogP contribution in [0.15, 0.2) is 18.2 Å². The highest BCUT2D eigenvalue weighted by molar-refractivity contribution is 7.18. The monoisotopic (exact) mass is 206 g/mol. The van der Waals surface area contributed by atoms with Gasteiger partial charge in [-0.25, -0.2) is 4.98 Å². The Kier molecular flexibility index (Phi) is 2.79. The molecule has 3 heteroatoms. The van der Waals surface area contributed by atoms with Crippen LogP contribution in [-0.2, 0) is 6.42 Å². The largest absolute Gasteiger partial charge is 0.330 e. The summed E-state index contributed by atoms with van der Waals surface area (Å²) in [5.41, 5.74) is 8.03. The molecule has 1 aromatic heterocycles. The number of nitrogens with zero attached hydrogens (tertiary/aromatic N) is 1. The molecule has 0 amide bonds. The first-order valence-corrected chi connectivity index (χ1v) is 5.68. The Labute approximate surface area is 87.8 Å². The molecule has 0 saturated carbocycles. The Morgan fingerprint density at radius 3 is 3.07 bits per heavy atom. The van der Waals surface area contributed by atoms with Crippen LogP contribution in [0.1, 0.15) is 17.0 Å². The first-order valence-electron chi connectivity index (χ1n) is 4.86. The number of rotatable bonds is 3. The van der Waals surface area contributed by atoms with Gasteiger partial charge in [0.1, 0.15) is 0 Å². The quantitative estimate of drug-likeness (QED) is 0.838. The molecule has 0 saturated heterocycles. The van der Waals surface area contributed by atoms with Crippen molar-refractivity contribution in [3.63, 3.8) is 0 Å². The lowest BCUT2D eigenvalue weighted by atomic mass is 10.1. The minimum atomic E-state index is 0.758. The summed E-state index contributed by atoms with van der Waals surface area (Å²) >= 11 is 1.78. The molecule has 0 aliphatic rings. The number of fused-ring (bicyclic) bond motifs is 1. The van der Waals surface area contributed by atoms with E-state index in [-0.39, 0.29) is 0 Å². The predicted octanol–water partition coefficient (Wildman–Crippen LogP) is 2.50. The van der Waals surface area contributed by atoms with E-state index in [1.54, 1.807) is 11.3 Å². The molecule has 2 nitrogen and oxygen atoms in total. The molecule has 0 spiro atoms. The molecular formula is C11H14N2S. The molecule has 2 rings (SSSR count). The van der Waals surface area contributed by atoms with Gasteiger partial charge in [-0.3, -0.25) is 0 Å². The van der Waals surface area contributed by atoms with Gasteiger partial charge in [0.2, 0.25) is 0 Å². The van der Waals surface area contributed by atoms with Gasteiger partial charge in [0.25, 0.3) is 0 Å². The van der Waals surface area contributed by atoms with Crippen molar-refractivity contribution in [3.05, 3.63) is 28.8 Å². The normalized spacial score (nSPS) is 11.0. The van der Waals surface area contributed by atoms with Crippen LogP contribution in [0, 0.1) is 6.92 Å². The van der Waals surface area contributed by atoms with Gasteiger partial charge in [-0.2, -0.15) is 0 Å². The Bertz CT molecular complexity index is 434. The van der Waals surface area contributed by atoms with Crippen molar-refractivity contribution in [2.75, 3.05) is 6.54 Å². The van der Waals surface area contributed by atoms with E-state index in [9.17, 15) is 0 Å². The third-order valence-electron chi connectivity index (χ3n) is 2.25. The lowest BCUT2D eigenvalue weighted by Crippen LogP contribution is -2.00. The fourth-order valence-electron chi connectivity index (χ4n) is 1.61. The number of aryl methyl sites for hydroxylation is 2. The van der Waals surface area contributed by atoms with Gasteiger partial charge < -0.3 is 5.73 Å². The molecule has 0 aliphatic heterocycles. The second-order valence-electron chi connectivity index (χ2n) is 3.39. The first kappa shape index (κ1) is 9.62. The van der Waals surface area contributed by atoms with Crippen LogP contribution in [0.5, 0.6) is 0 Å². The molecule has 0 fully saturated rings. The van der Waals surface area contributed by atoms with E-state index in [1.165, 1.54) is 10.3 Å². The highest BCUT2D eigenvalue weighted by atomic mass is 32.1. The average Bonchev–Trinajstić information content (AvgIpc) is 2.55. The van der Waals surface area contributed by atoms with Crippen LogP contribution in [0.25, 0.3) is 10.2 Å². The summed E-state index contributed by atoms with van der Waals surface area (Å²) in [5, 5.41) is 1.14. The molecule has 0 bridgehead atoms. The van der Waals surface area contributed by atoms with E-state index in [2.05, 4.69) is 30.1 Å². The first-order chi connectivity index (χ1) is 6.81. The molecular weight excluding hydrogens is 192 g/mol. The Morgan fingerprint density at radius 2 is 2.29 bits per heavy atom. The molecule has 14 heavy (non-hydrogen) atoms. The topological polar surface area (TPSA) is 38.9 Å². The van der Waals surface area contributed by atoms with Gasteiger partial charge in [-0.05, 0) is 37.9 Å². The van der Waals surface area contributed by atoms with Gasteiger partial charge in [0, 0.05) is 0 Å². The lowest BCUT2D eigenvalue weighted by Gasteiger charge is -1.99. The van der Waals surface area contributed by atoms with Crippen molar-refractivity contribution in [2.24, 2.45) is 5.73 Å². The van der Waals surface area contributed by atoms with Crippen molar-refractivity contribution in [1.82, 2.24) is 4.98 Å². The Hall–Kier alpha value is -0.930. The summed E-state index contributed by atoms with van der Waals surface area (Å²) < 4.78 is 1.33. The van der Waals surface area contributed by atoms with Crippen molar-refractivity contribution < 1.29 is 0 Å². The number of thiazole rings is 1. The summed E-state index contributed by atoms with van der Waals surface area (Å²) in [6, 6.07) is 6.33. The average molecular weight is 206 g/mol. The molecule has 0 unspecified atom stereocenters. The number of benzene rings is 1. The van der Waals surface area contributed by atoms with Gasteiger partial charge in [-0.1, -0.05) is 12.1 Å². The van der Waals surface area contributed by atoms with Crippen LogP contribution in [-0.4, -0.2) is 11.5 Å². The summed E-state index contributed by atoms with van der Waals surface area (Å²) in [6.45, 7) is 2.81. The van der Waals surface area contributed by atoms with Crippen LogP contribution < -0.4 is 5.73 Å². The van der Waals surface area contributed by atoms with Crippen LogP contribution in [0.3, 0.4) is 0 Å². The van der Waals surface area contributed by atoms with Crippen molar-refractivity contribution in [1.29, 1.82) is 0 Å². The van der Waals surface area contributed by atoms with Gasteiger partial charge in [-0.15, -0.1) is 11.3 Å². The summed E-state index contributed by atoms with van der Waals surface area (Å²) in [5.74, 6) is 0. The smallest absolute Gasteiger partial charge is 0.0907 e. The molecule has 0 aliphatic carbocycles. The third-order valence-corrected chi connectivity index (χ3v) is 3.32. The van der Waals surface area contributed by atoms with E-state index in [4.69, 9.17) is 5.73 Å². The van der Waals surface area contributed by atoms with Gasteiger partial charge >= 0.3 is 0 Å². The zero-order chi connectivity index (χ0) is 9.97. The van der Waals surface area contributed by atoms with E-state index in [0.717, 1.165) is 29.9 Å². The second-order valence-corrected chi connectivity index (χ2v) is 4.59. The third kappa shape index (κ3) is 1.79. The fourth-order valence-corrected chi connectivity index (χ4v) is 2.57. The van der Waals surface area contributed by atoms with Crippen LogP contribution in [0.4, 0.5) is 0 Å². The number of hydrogen-bond acceptors (Lipinski definition) is 3. The Morgan fingerprint density at radius 1 is 1.43 bits per heavy atom. The molecule has 0 radical (unpaired) electrons. The molecule has 1 heterocycles. The van der Waals surface area contributed by atoms with Gasteiger partial charge in [0.15, 0.2) is 0 Å². The number of hydrogen-bond donors (Lipinski definition) is 1. The minimum absolute atomic E-state index is 0.758. The lowest BCUT2D eigenvalue weighted by molar-refractivity contribution is 0.838. The van der Waals surface area contributed by atoms with Crippen LogP contribution in [0.2, 0.25) is 0 Å². The van der Waals surface area contributed by atoms with Crippen LogP contribution >= 0.6 is 11.3 Å². The van der Waals surface area contributed by atoms with Crippen molar-refractivity contribution in [2.45, 2.75) is 19.8 Å². The van der Waals surface area contributed by atoms with E-state index in [1.807, 2.05) is 0 Å². The molecule has 0 atom stereocenters. The Balaban J connectivity index is 2.42. The summed E-state index contributed by atoms with van der Waals surface area (Å²) in [7, 11) is 0. The highest BCUT2D eigenvalue weighted by Gasteiger charge is 2.04. The van der Waals surface area contributed by atoms with Crippen molar-refractivity contribution >= 4 is 21.6 Å². The molecule has 2 aromatic rings. The molecule has 74 valence electrons. The number of nitrogens with two attached hydrogens (primary N) is 1. The van der Waals surface area contributed by atoms with Gasteiger partial charge in [0.05, 0.1) is 15.2 Å².